The third-order valence-corrected chi connectivity index (χ3v) is 4.12. The molecule has 2 heterocycles. The van der Waals surface area contributed by atoms with Crippen LogP contribution in [0.2, 0.25) is 0 Å². The summed E-state index contributed by atoms with van der Waals surface area (Å²) in [5, 5.41) is 6.55. The van der Waals surface area contributed by atoms with Gasteiger partial charge < -0.3 is 20.1 Å². The molecule has 2 aromatic rings. The highest BCUT2D eigenvalue weighted by molar-refractivity contribution is 5.79. The largest absolute Gasteiger partial charge is 0.439 e. The van der Waals surface area contributed by atoms with E-state index in [4.69, 9.17) is 9.47 Å². The van der Waals surface area contributed by atoms with Crippen LogP contribution in [0.1, 0.15) is 25.3 Å². The van der Waals surface area contributed by atoms with E-state index in [1.165, 1.54) is 12.1 Å². The van der Waals surface area contributed by atoms with Crippen LogP contribution < -0.4 is 15.4 Å². The second-order valence-electron chi connectivity index (χ2n) is 6.27. The minimum absolute atomic E-state index is 0.262. The first kappa shape index (κ1) is 19.1. The molecule has 1 saturated heterocycles. The molecule has 3 rings (SSSR count). The topological polar surface area (TPSA) is 67.8 Å². The number of nitrogens with zero attached hydrogens (tertiary/aromatic N) is 2. The Bertz CT molecular complexity index is 729. The Labute approximate surface area is 158 Å². The van der Waals surface area contributed by atoms with Crippen LogP contribution in [0.3, 0.4) is 0 Å². The second-order valence-corrected chi connectivity index (χ2v) is 6.27. The third-order valence-electron chi connectivity index (χ3n) is 4.12. The SMILES string of the molecule is CCNC(=NCc1ccc(Oc2ccc(F)cc2)nc1)NCC1CCCO1. The Morgan fingerprint density at radius 1 is 1.26 bits per heavy atom. The van der Waals surface area contributed by atoms with Crippen molar-refractivity contribution >= 4 is 5.96 Å². The number of guanidine groups is 1. The molecule has 1 aromatic heterocycles. The smallest absolute Gasteiger partial charge is 0.219 e. The van der Waals surface area contributed by atoms with Crippen molar-refractivity contribution < 1.29 is 13.9 Å². The van der Waals surface area contributed by atoms with Crippen molar-refractivity contribution in [2.24, 2.45) is 4.99 Å². The Morgan fingerprint density at radius 3 is 2.78 bits per heavy atom. The quantitative estimate of drug-likeness (QED) is 0.577. The fourth-order valence-electron chi connectivity index (χ4n) is 2.72. The van der Waals surface area contributed by atoms with Crippen molar-refractivity contribution in [3.8, 4) is 11.6 Å². The summed E-state index contributed by atoms with van der Waals surface area (Å²) in [5.41, 5.74) is 0.968. The maximum atomic E-state index is 12.9. The van der Waals surface area contributed by atoms with Crippen LogP contribution in [0.5, 0.6) is 11.6 Å². The molecule has 1 atom stereocenters. The summed E-state index contributed by atoms with van der Waals surface area (Å²) in [6.07, 6.45) is 4.20. The van der Waals surface area contributed by atoms with Crippen molar-refractivity contribution in [2.45, 2.75) is 32.4 Å². The van der Waals surface area contributed by atoms with Crippen LogP contribution in [0.4, 0.5) is 4.39 Å². The van der Waals surface area contributed by atoms with E-state index in [0.717, 1.165) is 44.1 Å². The lowest BCUT2D eigenvalue weighted by molar-refractivity contribution is 0.114. The minimum atomic E-state index is -0.298. The Hall–Kier alpha value is -2.67. The fourth-order valence-corrected chi connectivity index (χ4v) is 2.72. The Kier molecular flexibility index (Phi) is 6.98. The van der Waals surface area contributed by atoms with Crippen molar-refractivity contribution in [3.63, 3.8) is 0 Å². The average molecular weight is 372 g/mol. The minimum Gasteiger partial charge on any atom is -0.439 e. The molecule has 1 aliphatic rings. The molecule has 1 aliphatic heterocycles. The maximum absolute atomic E-state index is 12.9. The predicted octanol–water partition coefficient (Wildman–Crippen LogP) is 3.25. The summed E-state index contributed by atoms with van der Waals surface area (Å²) < 4.78 is 24.1. The van der Waals surface area contributed by atoms with Crippen LogP contribution >= 0.6 is 0 Å². The number of pyridine rings is 1. The molecule has 6 nitrogen and oxygen atoms in total. The second kappa shape index (κ2) is 9.87. The lowest BCUT2D eigenvalue weighted by Gasteiger charge is -2.14. The number of aliphatic imine (C=N–C) groups is 1. The first-order valence-electron chi connectivity index (χ1n) is 9.25. The lowest BCUT2D eigenvalue weighted by atomic mass is 10.2. The highest BCUT2D eigenvalue weighted by Gasteiger charge is 2.15. The molecule has 0 radical (unpaired) electrons. The molecule has 0 aliphatic carbocycles. The number of aromatic nitrogens is 1. The molecule has 0 saturated carbocycles. The molecule has 1 aromatic carbocycles. The molecule has 1 unspecified atom stereocenters. The summed E-state index contributed by atoms with van der Waals surface area (Å²) in [6.45, 7) is 4.93. The van der Waals surface area contributed by atoms with Gasteiger partial charge in [-0.05, 0) is 49.6 Å². The van der Waals surface area contributed by atoms with Gasteiger partial charge in [-0.2, -0.15) is 0 Å². The van der Waals surface area contributed by atoms with Crippen molar-refractivity contribution in [3.05, 3.63) is 54.0 Å². The molecule has 144 valence electrons. The van der Waals surface area contributed by atoms with Gasteiger partial charge in [-0.3, -0.25) is 0 Å². The van der Waals surface area contributed by atoms with Gasteiger partial charge in [0, 0.05) is 32.0 Å². The lowest BCUT2D eigenvalue weighted by Crippen LogP contribution is -2.41. The number of hydrogen-bond donors (Lipinski definition) is 2. The number of ether oxygens (including phenoxy) is 2. The molecule has 7 heteroatoms. The summed E-state index contributed by atoms with van der Waals surface area (Å²) in [7, 11) is 0. The van der Waals surface area contributed by atoms with E-state index in [-0.39, 0.29) is 11.9 Å². The van der Waals surface area contributed by atoms with Crippen molar-refractivity contribution in [1.29, 1.82) is 0 Å². The summed E-state index contributed by atoms with van der Waals surface area (Å²) >= 11 is 0. The number of rotatable bonds is 7. The summed E-state index contributed by atoms with van der Waals surface area (Å²) in [4.78, 5) is 8.87. The van der Waals surface area contributed by atoms with E-state index >= 15 is 0 Å². The normalized spacial score (nSPS) is 17.0. The van der Waals surface area contributed by atoms with E-state index in [0.29, 0.717) is 18.2 Å². The van der Waals surface area contributed by atoms with E-state index < -0.39 is 0 Å². The fraction of sp³-hybridized carbons (Fsp3) is 0.400. The molecule has 0 spiro atoms. The zero-order valence-electron chi connectivity index (χ0n) is 15.5. The van der Waals surface area contributed by atoms with Crippen LogP contribution in [0, 0.1) is 5.82 Å². The highest BCUT2D eigenvalue weighted by atomic mass is 19.1. The van der Waals surface area contributed by atoms with E-state index in [2.05, 4.69) is 20.6 Å². The van der Waals surface area contributed by atoms with E-state index in [1.807, 2.05) is 13.0 Å². The van der Waals surface area contributed by atoms with Crippen LogP contribution in [0.15, 0.2) is 47.6 Å². The van der Waals surface area contributed by atoms with Gasteiger partial charge >= 0.3 is 0 Å². The van der Waals surface area contributed by atoms with Gasteiger partial charge in [0.2, 0.25) is 5.88 Å². The van der Waals surface area contributed by atoms with Gasteiger partial charge in [0.05, 0.1) is 12.6 Å². The van der Waals surface area contributed by atoms with Gasteiger partial charge in [0.15, 0.2) is 5.96 Å². The van der Waals surface area contributed by atoms with Crippen molar-refractivity contribution in [1.82, 2.24) is 15.6 Å². The summed E-state index contributed by atoms with van der Waals surface area (Å²) in [5.74, 6) is 1.47. The number of hydrogen-bond acceptors (Lipinski definition) is 4. The van der Waals surface area contributed by atoms with E-state index in [1.54, 1.807) is 24.4 Å². The van der Waals surface area contributed by atoms with Crippen LogP contribution in [0.25, 0.3) is 0 Å². The zero-order chi connectivity index (χ0) is 18.9. The molecule has 0 amide bonds. The van der Waals surface area contributed by atoms with Crippen LogP contribution in [-0.4, -0.2) is 36.7 Å². The highest BCUT2D eigenvalue weighted by Crippen LogP contribution is 2.19. The van der Waals surface area contributed by atoms with Gasteiger partial charge in [-0.15, -0.1) is 0 Å². The van der Waals surface area contributed by atoms with Gasteiger partial charge in [0.1, 0.15) is 11.6 Å². The Morgan fingerprint density at radius 2 is 2.11 bits per heavy atom. The van der Waals surface area contributed by atoms with Gasteiger partial charge in [-0.1, -0.05) is 6.07 Å². The molecular formula is C20H25FN4O2. The number of halogens is 1. The standard InChI is InChI=1S/C20H25FN4O2/c1-2-22-20(25-14-18-4-3-11-26-18)24-13-15-5-10-19(23-12-15)27-17-8-6-16(21)7-9-17/h5-10,12,18H,2-4,11,13-14H2,1H3,(H2,22,24,25). The monoisotopic (exact) mass is 372 g/mol. The van der Waals surface area contributed by atoms with Crippen LogP contribution in [-0.2, 0) is 11.3 Å². The zero-order valence-corrected chi connectivity index (χ0v) is 15.5. The first-order valence-corrected chi connectivity index (χ1v) is 9.25. The summed E-state index contributed by atoms with van der Waals surface area (Å²) in [6, 6.07) is 9.53. The van der Waals surface area contributed by atoms with E-state index in [9.17, 15) is 4.39 Å². The third kappa shape index (κ3) is 6.21. The molecule has 2 N–H and O–H groups in total. The number of nitrogens with one attached hydrogen (secondary N) is 2. The first-order chi connectivity index (χ1) is 13.2. The predicted molar refractivity (Wildman–Crippen MR) is 103 cm³/mol. The molecular weight excluding hydrogens is 347 g/mol. The molecule has 0 bridgehead atoms. The average Bonchev–Trinajstić information content (AvgIpc) is 3.21. The molecule has 1 fully saturated rings. The van der Waals surface area contributed by atoms with Crippen molar-refractivity contribution in [2.75, 3.05) is 19.7 Å². The van der Waals surface area contributed by atoms with Gasteiger partial charge in [0.25, 0.3) is 0 Å². The molecule has 27 heavy (non-hydrogen) atoms. The Balaban J connectivity index is 1.53. The maximum Gasteiger partial charge on any atom is 0.219 e. The number of benzene rings is 1. The van der Waals surface area contributed by atoms with Gasteiger partial charge in [-0.25, -0.2) is 14.4 Å².